The van der Waals surface area contributed by atoms with Crippen LogP contribution >= 0.6 is 0 Å². The Morgan fingerprint density at radius 2 is 1.79 bits per heavy atom. The Balaban J connectivity index is 1.76. The quantitative estimate of drug-likeness (QED) is 0.374. The molecule has 1 atom stereocenters. The van der Waals surface area contributed by atoms with Gasteiger partial charge in [0.2, 0.25) is 0 Å². The highest BCUT2D eigenvalue weighted by atomic mass is 32.2. The zero-order valence-corrected chi connectivity index (χ0v) is 24.1. The molecule has 0 radical (unpaired) electrons. The van der Waals surface area contributed by atoms with E-state index < -0.39 is 15.9 Å². The van der Waals surface area contributed by atoms with Gasteiger partial charge in [-0.05, 0) is 74.9 Å². The van der Waals surface area contributed by atoms with Crippen molar-refractivity contribution in [2.45, 2.75) is 58.5 Å². The number of pyridine rings is 3. The molecule has 11 heteroatoms. The molecule has 39 heavy (non-hydrogen) atoms. The fourth-order valence-electron chi connectivity index (χ4n) is 4.54. The van der Waals surface area contributed by atoms with Crippen molar-refractivity contribution in [3.8, 4) is 11.4 Å². The fraction of sp³-hybridized carbons (Fsp3) is 0.429. The molecule has 4 heterocycles. The number of amides is 1. The number of hydrogen-bond donors (Lipinski definition) is 3. The van der Waals surface area contributed by atoms with Gasteiger partial charge in [-0.3, -0.25) is 4.79 Å². The second-order valence-corrected chi connectivity index (χ2v) is 12.7. The molecule has 1 unspecified atom stereocenters. The molecule has 10 nitrogen and oxygen atoms in total. The average Bonchev–Trinajstić information content (AvgIpc) is 3.14. The molecular formula is C28H37N7O3S. The van der Waals surface area contributed by atoms with Gasteiger partial charge in [0.1, 0.15) is 17.5 Å². The summed E-state index contributed by atoms with van der Waals surface area (Å²) in [5.74, 6) is 1.23. The van der Waals surface area contributed by atoms with E-state index in [0.717, 1.165) is 24.3 Å². The van der Waals surface area contributed by atoms with Crippen molar-refractivity contribution in [2.24, 2.45) is 11.8 Å². The lowest BCUT2D eigenvalue weighted by molar-refractivity contribution is 0.0981. The monoisotopic (exact) mass is 551 g/mol. The number of aromatic nitrogens is 3. The number of nitrogens with one attached hydrogen (secondary N) is 2. The zero-order valence-electron chi connectivity index (χ0n) is 23.3. The number of rotatable bonds is 8. The number of nitrogen functional groups attached to an aromatic ring is 1. The van der Waals surface area contributed by atoms with Crippen molar-refractivity contribution in [1.82, 2.24) is 19.7 Å². The van der Waals surface area contributed by atoms with Gasteiger partial charge in [0.25, 0.3) is 15.9 Å². The summed E-state index contributed by atoms with van der Waals surface area (Å²) < 4.78 is 28.0. The molecule has 3 aromatic heterocycles. The van der Waals surface area contributed by atoms with Crippen LogP contribution in [0.1, 0.15) is 57.0 Å². The number of aryl methyl sites for hydroxylation is 1. The number of anilines is 3. The molecule has 1 aliphatic rings. The van der Waals surface area contributed by atoms with E-state index in [0.29, 0.717) is 35.6 Å². The lowest BCUT2D eigenvalue weighted by Crippen LogP contribution is -2.43. The first-order valence-electron chi connectivity index (χ1n) is 13.1. The van der Waals surface area contributed by atoms with Gasteiger partial charge in [0, 0.05) is 18.6 Å². The highest BCUT2D eigenvalue weighted by Gasteiger charge is 2.41. The first-order chi connectivity index (χ1) is 18.3. The van der Waals surface area contributed by atoms with Crippen LogP contribution < -0.4 is 20.7 Å². The van der Waals surface area contributed by atoms with Crippen molar-refractivity contribution >= 4 is 33.4 Å². The number of hydrogen-bond acceptors (Lipinski definition) is 9. The minimum atomic E-state index is -4.25. The minimum Gasteiger partial charge on any atom is -0.384 e. The van der Waals surface area contributed by atoms with Crippen molar-refractivity contribution < 1.29 is 13.2 Å². The summed E-state index contributed by atoms with van der Waals surface area (Å²) in [6.45, 7) is 14.1. The summed E-state index contributed by atoms with van der Waals surface area (Å²) in [5, 5.41) is 3.06. The van der Waals surface area contributed by atoms with E-state index in [4.69, 9.17) is 15.7 Å². The van der Waals surface area contributed by atoms with Crippen LogP contribution in [-0.2, 0) is 10.0 Å². The van der Waals surface area contributed by atoms with Gasteiger partial charge >= 0.3 is 0 Å². The maximum atomic E-state index is 13.4. The Kier molecular flexibility index (Phi) is 7.83. The summed E-state index contributed by atoms with van der Waals surface area (Å²) in [7, 11) is -4.25. The van der Waals surface area contributed by atoms with Gasteiger partial charge < -0.3 is 16.0 Å². The minimum absolute atomic E-state index is 0.0395. The van der Waals surface area contributed by atoms with E-state index in [-0.39, 0.29) is 21.9 Å². The summed E-state index contributed by atoms with van der Waals surface area (Å²) >= 11 is 0. The van der Waals surface area contributed by atoms with Crippen LogP contribution in [0.25, 0.3) is 11.4 Å². The summed E-state index contributed by atoms with van der Waals surface area (Å²) in [5.41, 5.74) is 7.76. The van der Waals surface area contributed by atoms with Crippen LogP contribution in [0.4, 0.5) is 17.5 Å². The van der Waals surface area contributed by atoms with Crippen LogP contribution in [0.2, 0.25) is 0 Å². The summed E-state index contributed by atoms with van der Waals surface area (Å²) in [4.78, 5) is 29.1. The predicted molar refractivity (Wildman–Crippen MR) is 154 cm³/mol. The fourth-order valence-corrected chi connectivity index (χ4v) is 5.49. The average molecular weight is 552 g/mol. The van der Waals surface area contributed by atoms with E-state index in [9.17, 15) is 13.2 Å². The SMILES string of the molecule is Cc1ccc(-c2ccc(C(=O)NS(=O)(=O)c3cccc(N)n3)c(N3CCC(C)C3(C)C)n2)nc1NCC(C)C. The van der Waals surface area contributed by atoms with Gasteiger partial charge in [-0.2, -0.15) is 8.42 Å². The van der Waals surface area contributed by atoms with Crippen LogP contribution in [0.3, 0.4) is 0 Å². The van der Waals surface area contributed by atoms with Crippen LogP contribution in [0.5, 0.6) is 0 Å². The molecule has 0 saturated carbocycles. The Bertz CT molecular complexity index is 1490. The largest absolute Gasteiger partial charge is 0.384 e. The summed E-state index contributed by atoms with van der Waals surface area (Å²) in [6, 6.07) is 11.4. The third-order valence-corrected chi connectivity index (χ3v) is 8.58. The molecule has 4 rings (SSSR count). The third-order valence-electron chi connectivity index (χ3n) is 7.35. The van der Waals surface area contributed by atoms with Gasteiger partial charge in [-0.25, -0.2) is 19.7 Å². The van der Waals surface area contributed by atoms with Gasteiger partial charge in [0.15, 0.2) is 5.03 Å². The van der Waals surface area contributed by atoms with Crippen molar-refractivity contribution in [3.63, 3.8) is 0 Å². The maximum absolute atomic E-state index is 13.4. The predicted octanol–water partition coefficient (Wildman–Crippen LogP) is 4.24. The zero-order chi connectivity index (χ0) is 28.5. The maximum Gasteiger partial charge on any atom is 0.281 e. The molecule has 1 saturated heterocycles. The Hall–Kier alpha value is -3.73. The Labute approximate surface area is 230 Å². The Morgan fingerprint density at radius 3 is 2.44 bits per heavy atom. The third kappa shape index (κ3) is 5.98. The topological polar surface area (TPSA) is 143 Å². The number of sulfonamides is 1. The van der Waals surface area contributed by atoms with Crippen molar-refractivity contribution in [1.29, 1.82) is 0 Å². The van der Waals surface area contributed by atoms with E-state index in [1.165, 1.54) is 18.2 Å². The number of carbonyl (C=O) groups is 1. The lowest BCUT2D eigenvalue weighted by Gasteiger charge is -2.36. The molecule has 3 aromatic rings. The molecule has 1 aliphatic heterocycles. The highest BCUT2D eigenvalue weighted by molar-refractivity contribution is 7.90. The molecular weight excluding hydrogens is 514 g/mol. The molecule has 1 fully saturated rings. The highest BCUT2D eigenvalue weighted by Crippen LogP contribution is 2.39. The van der Waals surface area contributed by atoms with Crippen molar-refractivity contribution in [3.05, 3.63) is 53.6 Å². The van der Waals surface area contributed by atoms with Crippen LogP contribution in [-0.4, -0.2) is 47.9 Å². The molecule has 4 N–H and O–H groups in total. The second kappa shape index (κ2) is 10.8. The van der Waals surface area contributed by atoms with Gasteiger partial charge in [0.05, 0.1) is 17.0 Å². The standard InChI is InChI=1S/C28H37N7O3S/c1-17(2)16-30-25-18(3)10-12-21(31-25)22-13-11-20(26(32-22)35-15-14-19(4)28(35,5)6)27(36)34-39(37,38)24-9-7-8-23(29)33-24/h7-13,17,19H,14-16H2,1-6H3,(H2,29,33)(H,30,31)(H,34,36). The normalized spacial score (nSPS) is 16.9. The number of nitrogens with two attached hydrogens (primary N) is 1. The van der Waals surface area contributed by atoms with E-state index in [1.807, 2.05) is 19.1 Å². The molecule has 0 aliphatic carbocycles. The second-order valence-electron chi connectivity index (χ2n) is 11.0. The lowest BCUT2D eigenvalue weighted by atomic mass is 9.90. The van der Waals surface area contributed by atoms with E-state index in [1.54, 1.807) is 12.1 Å². The van der Waals surface area contributed by atoms with Crippen molar-refractivity contribution in [2.75, 3.05) is 29.0 Å². The molecule has 0 spiro atoms. The van der Waals surface area contributed by atoms with E-state index in [2.05, 4.69) is 54.5 Å². The van der Waals surface area contributed by atoms with E-state index >= 15 is 0 Å². The molecule has 1 amide bonds. The van der Waals surface area contributed by atoms with Crippen LogP contribution in [0, 0.1) is 18.8 Å². The molecule has 208 valence electrons. The number of nitrogens with zero attached hydrogens (tertiary/aromatic N) is 4. The summed E-state index contributed by atoms with van der Waals surface area (Å²) in [6.07, 6.45) is 0.914. The molecule has 0 aromatic carbocycles. The smallest absolute Gasteiger partial charge is 0.281 e. The number of carbonyl (C=O) groups excluding carboxylic acids is 1. The first-order valence-corrected chi connectivity index (χ1v) is 14.6. The van der Waals surface area contributed by atoms with Gasteiger partial charge in [-0.1, -0.05) is 32.9 Å². The molecule has 0 bridgehead atoms. The Morgan fingerprint density at radius 1 is 1.10 bits per heavy atom. The van der Waals surface area contributed by atoms with Crippen LogP contribution in [0.15, 0.2) is 47.5 Å². The first kappa shape index (κ1) is 28.3. The van der Waals surface area contributed by atoms with Gasteiger partial charge in [-0.15, -0.1) is 0 Å².